The van der Waals surface area contributed by atoms with Crippen LogP contribution < -0.4 is 11.1 Å². The van der Waals surface area contributed by atoms with Gasteiger partial charge in [0, 0.05) is 28.2 Å². The number of hydrogen-bond acceptors (Lipinski definition) is 4. The van der Waals surface area contributed by atoms with Gasteiger partial charge < -0.3 is 16.0 Å². The van der Waals surface area contributed by atoms with E-state index in [1.165, 1.54) is 5.56 Å². The fraction of sp³-hybridized carbons (Fsp3) is 0.350. The van der Waals surface area contributed by atoms with Crippen molar-refractivity contribution in [3.8, 4) is 0 Å². The first-order valence-electron chi connectivity index (χ1n) is 9.05. The Balaban J connectivity index is 1.67. The second-order valence-corrected chi connectivity index (χ2v) is 7.07. The van der Waals surface area contributed by atoms with E-state index in [2.05, 4.69) is 27.2 Å². The molecule has 0 saturated heterocycles. The number of nitrogens with zero attached hydrogens (tertiary/aromatic N) is 2. The zero-order valence-corrected chi connectivity index (χ0v) is 15.0. The van der Waals surface area contributed by atoms with Crippen LogP contribution in [-0.2, 0) is 6.42 Å². The molecule has 2 atom stereocenters. The molecule has 4 N–H and O–H groups in total. The number of fused-ring (bicyclic) bond motifs is 3. The number of aryl methyl sites for hydroxylation is 1. The molecule has 0 fully saturated rings. The summed E-state index contributed by atoms with van der Waals surface area (Å²) < 4.78 is 0. The van der Waals surface area contributed by atoms with Crippen LogP contribution >= 0.6 is 0 Å². The van der Waals surface area contributed by atoms with Crippen molar-refractivity contribution in [1.29, 1.82) is 0 Å². The molecule has 26 heavy (non-hydrogen) atoms. The van der Waals surface area contributed by atoms with Crippen LogP contribution in [0.2, 0.25) is 0 Å². The molecule has 2 unspecified atom stereocenters. The Bertz CT molecular complexity index is 960. The van der Waals surface area contributed by atoms with E-state index >= 15 is 0 Å². The molecule has 1 aliphatic carbocycles. The van der Waals surface area contributed by atoms with Crippen LogP contribution in [0.5, 0.6) is 0 Å². The van der Waals surface area contributed by atoms with Crippen molar-refractivity contribution in [3.05, 3.63) is 53.2 Å². The predicted molar refractivity (Wildman–Crippen MR) is 102 cm³/mol. The summed E-state index contributed by atoms with van der Waals surface area (Å²) in [5.41, 5.74) is 11.0. The van der Waals surface area contributed by atoms with Crippen molar-refractivity contribution in [2.75, 3.05) is 5.32 Å². The van der Waals surface area contributed by atoms with Crippen molar-refractivity contribution in [3.63, 3.8) is 0 Å². The van der Waals surface area contributed by atoms with Gasteiger partial charge in [0.1, 0.15) is 5.82 Å². The average molecular weight is 349 g/mol. The van der Waals surface area contributed by atoms with E-state index in [0.717, 1.165) is 35.9 Å². The van der Waals surface area contributed by atoms with Crippen molar-refractivity contribution >= 4 is 22.5 Å². The first-order valence-corrected chi connectivity index (χ1v) is 9.05. The standard InChI is InChI=1S/C20H23N5O/c1-3-12-6-16-15-8-13(4-5-18(15)25-19(16)17(21)7-12)20(26)24-14-9-22-11(2)23-10-14/h4-5,8-10,12,17,25H,3,6-7,21H2,1-2H3,(H,24,26). The Labute approximate surface area is 152 Å². The third-order valence-corrected chi connectivity index (χ3v) is 5.27. The van der Waals surface area contributed by atoms with Gasteiger partial charge >= 0.3 is 0 Å². The number of benzene rings is 1. The van der Waals surface area contributed by atoms with Gasteiger partial charge in [-0.1, -0.05) is 13.3 Å². The minimum Gasteiger partial charge on any atom is -0.357 e. The second-order valence-electron chi connectivity index (χ2n) is 7.07. The molecule has 2 heterocycles. The van der Waals surface area contributed by atoms with Gasteiger partial charge in [-0.15, -0.1) is 0 Å². The Morgan fingerprint density at radius 3 is 2.85 bits per heavy atom. The normalized spacial score (nSPS) is 19.3. The molecule has 6 heteroatoms. The molecular formula is C20H23N5O. The molecule has 0 spiro atoms. The molecule has 2 aromatic heterocycles. The van der Waals surface area contributed by atoms with E-state index in [1.54, 1.807) is 12.4 Å². The SMILES string of the molecule is CCC1Cc2c([nH]c3ccc(C(=O)Nc4cnc(C)nc4)cc23)C(N)C1. The van der Waals surface area contributed by atoms with E-state index in [4.69, 9.17) is 5.73 Å². The fourth-order valence-corrected chi connectivity index (χ4v) is 3.77. The number of amides is 1. The molecule has 0 saturated carbocycles. The van der Waals surface area contributed by atoms with Gasteiger partial charge in [-0.3, -0.25) is 4.79 Å². The zero-order valence-electron chi connectivity index (χ0n) is 15.0. The summed E-state index contributed by atoms with van der Waals surface area (Å²) in [6, 6.07) is 5.79. The Morgan fingerprint density at radius 2 is 2.12 bits per heavy atom. The molecule has 134 valence electrons. The minimum atomic E-state index is -0.165. The van der Waals surface area contributed by atoms with E-state index in [-0.39, 0.29) is 11.9 Å². The Hall–Kier alpha value is -2.73. The van der Waals surface area contributed by atoms with Gasteiger partial charge in [0.2, 0.25) is 0 Å². The number of nitrogens with one attached hydrogen (secondary N) is 2. The fourth-order valence-electron chi connectivity index (χ4n) is 3.77. The topological polar surface area (TPSA) is 96.7 Å². The van der Waals surface area contributed by atoms with Gasteiger partial charge in [0.05, 0.1) is 18.1 Å². The second kappa shape index (κ2) is 6.53. The number of aromatic nitrogens is 3. The van der Waals surface area contributed by atoms with Gasteiger partial charge in [-0.05, 0) is 49.4 Å². The van der Waals surface area contributed by atoms with Crippen molar-refractivity contribution in [1.82, 2.24) is 15.0 Å². The number of aromatic amines is 1. The Morgan fingerprint density at radius 1 is 1.35 bits per heavy atom. The maximum atomic E-state index is 12.6. The highest BCUT2D eigenvalue weighted by Gasteiger charge is 2.27. The number of hydrogen-bond donors (Lipinski definition) is 3. The number of carbonyl (C=O) groups is 1. The van der Waals surface area contributed by atoms with Crippen LogP contribution in [0.25, 0.3) is 10.9 Å². The third-order valence-electron chi connectivity index (χ3n) is 5.27. The summed E-state index contributed by atoms with van der Waals surface area (Å²) in [4.78, 5) is 24.3. The first kappa shape index (κ1) is 16.7. The van der Waals surface area contributed by atoms with Gasteiger partial charge in [-0.25, -0.2) is 9.97 Å². The molecule has 0 bridgehead atoms. The summed E-state index contributed by atoms with van der Waals surface area (Å²) in [5, 5.41) is 3.95. The molecule has 0 aliphatic heterocycles. The van der Waals surface area contributed by atoms with E-state index in [9.17, 15) is 4.79 Å². The number of rotatable bonds is 3. The van der Waals surface area contributed by atoms with Crippen LogP contribution in [0.4, 0.5) is 5.69 Å². The van der Waals surface area contributed by atoms with Gasteiger partial charge in [-0.2, -0.15) is 0 Å². The summed E-state index contributed by atoms with van der Waals surface area (Å²) in [6.07, 6.45) is 6.37. The monoisotopic (exact) mass is 349 g/mol. The largest absolute Gasteiger partial charge is 0.357 e. The zero-order chi connectivity index (χ0) is 18.3. The maximum Gasteiger partial charge on any atom is 0.255 e. The molecular weight excluding hydrogens is 326 g/mol. The number of nitrogens with two attached hydrogens (primary N) is 1. The first-order chi connectivity index (χ1) is 12.5. The van der Waals surface area contributed by atoms with E-state index in [0.29, 0.717) is 23.0 Å². The highest BCUT2D eigenvalue weighted by atomic mass is 16.1. The lowest BCUT2D eigenvalue weighted by atomic mass is 9.82. The highest BCUT2D eigenvalue weighted by molar-refractivity contribution is 6.06. The average Bonchev–Trinajstić information content (AvgIpc) is 3.02. The van der Waals surface area contributed by atoms with Crippen LogP contribution in [-0.4, -0.2) is 20.9 Å². The third kappa shape index (κ3) is 2.97. The molecule has 1 amide bonds. The molecule has 1 aliphatic rings. The quantitative estimate of drug-likeness (QED) is 0.674. The number of carbonyl (C=O) groups excluding carboxylic acids is 1. The van der Waals surface area contributed by atoms with Crippen LogP contribution in [0, 0.1) is 12.8 Å². The van der Waals surface area contributed by atoms with Crippen molar-refractivity contribution in [2.24, 2.45) is 11.7 Å². The summed E-state index contributed by atoms with van der Waals surface area (Å²) in [7, 11) is 0. The van der Waals surface area contributed by atoms with Crippen molar-refractivity contribution in [2.45, 2.75) is 39.2 Å². The van der Waals surface area contributed by atoms with Crippen LogP contribution in [0.1, 0.15) is 53.2 Å². The van der Waals surface area contributed by atoms with Crippen molar-refractivity contribution < 1.29 is 4.79 Å². The lowest BCUT2D eigenvalue weighted by molar-refractivity contribution is 0.102. The lowest BCUT2D eigenvalue weighted by Gasteiger charge is -2.26. The van der Waals surface area contributed by atoms with E-state index in [1.807, 2.05) is 25.1 Å². The van der Waals surface area contributed by atoms with E-state index < -0.39 is 0 Å². The number of H-pyrrole nitrogens is 1. The molecule has 0 radical (unpaired) electrons. The Kier molecular flexibility index (Phi) is 4.20. The summed E-state index contributed by atoms with van der Waals surface area (Å²) in [6.45, 7) is 4.02. The van der Waals surface area contributed by atoms with Crippen LogP contribution in [0.15, 0.2) is 30.6 Å². The minimum absolute atomic E-state index is 0.0399. The predicted octanol–water partition coefficient (Wildman–Crippen LogP) is 3.49. The number of anilines is 1. The van der Waals surface area contributed by atoms with Gasteiger partial charge in [0.25, 0.3) is 5.91 Å². The maximum absolute atomic E-state index is 12.6. The smallest absolute Gasteiger partial charge is 0.255 e. The lowest BCUT2D eigenvalue weighted by Crippen LogP contribution is -2.23. The molecule has 3 aromatic rings. The molecule has 4 rings (SSSR count). The molecule has 6 nitrogen and oxygen atoms in total. The van der Waals surface area contributed by atoms with Crippen LogP contribution in [0.3, 0.4) is 0 Å². The van der Waals surface area contributed by atoms with Gasteiger partial charge in [0.15, 0.2) is 0 Å². The molecule has 1 aromatic carbocycles. The highest BCUT2D eigenvalue weighted by Crippen LogP contribution is 2.37. The summed E-state index contributed by atoms with van der Waals surface area (Å²) >= 11 is 0. The summed E-state index contributed by atoms with van der Waals surface area (Å²) in [5.74, 6) is 1.10.